The molecule has 0 aliphatic carbocycles. The number of aromatic nitrogens is 1. The number of anilines is 1. The lowest BCUT2D eigenvalue weighted by atomic mass is 10.1. The number of halogens is 3. The zero-order valence-electron chi connectivity index (χ0n) is 11.4. The molecule has 0 aliphatic rings. The Hall–Kier alpha value is -1.98. The van der Waals surface area contributed by atoms with E-state index in [2.05, 4.69) is 10.5 Å². The van der Waals surface area contributed by atoms with Gasteiger partial charge in [0.1, 0.15) is 5.76 Å². The van der Waals surface area contributed by atoms with Crippen LogP contribution in [0, 0.1) is 13.8 Å². The number of nitrogens with zero attached hydrogens (tertiary/aromatic N) is 1. The van der Waals surface area contributed by atoms with Crippen molar-refractivity contribution < 1.29 is 17.7 Å². The molecule has 0 bridgehead atoms. The highest BCUT2D eigenvalue weighted by atomic mass is 19.4. The number of hydrogen-bond acceptors (Lipinski definition) is 3. The van der Waals surface area contributed by atoms with Crippen LogP contribution >= 0.6 is 0 Å². The van der Waals surface area contributed by atoms with E-state index in [9.17, 15) is 13.2 Å². The highest BCUT2D eigenvalue weighted by Crippen LogP contribution is 2.36. The van der Waals surface area contributed by atoms with E-state index in [1.165, 1.54) is 12.1 Å². The van der Waals surface area contributed by atoms with E-state index in [0.717, 1.165) is 11.6 Å². The average Bonchev–Trinajstić information content (AvgIpc) is 2.68. The van der Waals surface area contributed by atoms with Crippen molar-refractivity contribution >= 4 is 5.69 Å². The van der Waals surface area contributed by atoms with Crippen LogP contribution in [0.3, 0.4) is 0 Å². The van der Waals surface area contributed by atoms with Gasteiger partial charge in [0.05, 0.1) is 17.3 Å². The number of alkyl halides is 3. The Kier molecular flexibility index (Phi) is 3.74. The fourth-order valence-corrected chi connectivity index (χ4v) is 2.27. The van der Waals surface area contributed by atoms with E-state index in [-0.39, 0.29) is 11.7 Å². The Morgan fingerprint density at radius 2 is 1.85 bits per heavy atom. The molecule has 0 amide bonds. The van der Waals surface area contributed by atoms with Crippen LogP contribution in [0.1, 0.15) is 35.5 Å². The Morgan fingerprint density at radius 1 is 1.20 bits per heavy atom. The lowest BCUT2D eigenvalue weighted by Gasteiger charge is -2.19. The van der Waals surface area contributed by atoms with Crippen LogP contribution in [-0.2, 0) is 6.18 Å². The quantitative estimate of drug-likeness (QED) is 0.902. The van der Waals surface area contributed by atoms with Crippen molar-refractivity contribution in [2.75, 3.05) is 5.32 Å². The number of hydrogen-bond donors (Lipinski definition) is 1. The molecule has 20 heavy (non-hydrogen) atoms. The predicted molar refractivity (Wildman–Crippen MR) is 69.5 cm³/mol. The minimum absolute atomic E-state index is 0.0486. The van der Waals surface area contributed by atoms with Crippen LogP contribution in [0.2, 0.25) is 0 Å². The summed E-state index contributed by atoms with van der Waals surface area (Å²) < 4.78 is 43.8. The molecule has 3 nitrogen and oxygen atoms in total. The van der Waals surface area contributed by atoms with Gasteiger partial charge in [0, 0.05) is 11.3 Å². The van der Waals surface area contributed by atoms with Gasteiger partial charge in [-0.15, -0.1) is 0 Å². The van der Waals surface area contributed by atoms with Gasteiger partial charge in [0.15, 0.2) is 0 Å². The minimum Gasteiger partial charge on any atom is -0.378 e. The molecule has 0 radical (unpaired) electrons. The first-order valence-electron chi connectivity index (χ1n) is 6.16. The summed E-state index contributed by atoms with van der Waals surface area (Å²) >= 11 is 0. The van der Waals surface area contributed by atoms with Gasteiger partial charge in [-0.05, 0) is 32.9 Å². The SMILES string of the molecule is Cc1noc(C)c1C(C)Nc1ccccc1C(F)(F)F. The second-order valence-electron chi connectivity index (χ2n) is 4.65. The molecule has 2 rings (SSSR count). The fraction of sp³-hybridized carbons (Fsp3) is 0.357. The summed E-state index contributed by atoms with van der Waals surface area (Å²) in [5, 5.41) is 6.69. The number of rotatable bonds is 3. The summed E-state index contributed by atoms with van der Waals surface area (Å²) in [7, 11) is 0. The van der Waals surface area contributed by atoms with E-state index in [1.54, 1.807) is 26.8 Å². The highest BCUT2D eigenvalue weighted by molar-refractivity contribution is 5.54. The topological polar surface area (TPSA) is 38.1 Å². The van der Waals surface area contributed by atoms with Crippen LogP contribution < -0.4 is 5.32 Å². The van der Waals surface area contributed by atoms with Crippen molar-refractivity contribution in [1.29, 1.82) is 0 Å². The number of aryl methyl sites for hydroxylation is 2. The van der Waals surface area contributed by atoms with Gasteiger partial charge in [-0.2, -0.15) is 13.2 Å². The summed E-state index contributed by atoms with van der Waals surface area (Å²) in [5.41, 5.74) is 0.820. The van der Waals surface area contributed by atoms with Gasteiger partial charge in [-0.1, -0.05) is 17.3 Å². The van der Waals surface area contributed by atoms with E-state index in [4.69, 9.17) is 4.52 Å². The zero-order valence-corrected chi connectivity index (χ0v) is 11.4. The molecule has 6 heteroatoms. The van der Waals surface area contributed by atoms with Crippen molar-refractivity contribution in [3.05, 3.63) is 46.8 Å². The van der Waals surface area contributed by atoms with Crippen molar-refractivity contribution in [1.82, 2.24) is 5.16 Å². The summed E-state index contributed by atoms with van der Waals surface area (Å²) in [4.78, 5) is 0. The lowest BCUT2D eigenvalue weighted by Crippen LogP contribution is -2.14. The maximum atomic E-state index is 12.9. The first kappa shape index (κ1) is 14.4. The summed E-state index contributed by atoms with van der Waals surface area (Å²) in [6, 6.07) is 5.08. The molecule has 1 atom stereocenters. The van der Waals surface area contributed by atoms with E-state index >= 15 is 0 Å². The largest absolute Gasteiger partial charge is 0.418 e. The van der Waals surface area contributed by atoms with Gasteiger partial charge in [-0.25, -0.2) is 0 Å². The predicted octanol–water partition coefficient (Wildman–Crippen LogP) is 4.48. The normalized spacial score (nSPS) is 13.3. The minimum atomic E-state index is -4.39. The standard InChI is InChI=1S/C14H15F3N2O/c1-8(13-9(2)19-20-10(13)3)18-12-7-5-4-6-11(12)14(15,16)17/h4-8,18H,1-3H3. The van der Waals surface area contributed by atoms with Gasteiger partial charge in [-0.3, -0.25) is 0 Å². The summed E-state index contributed by atoms with van der Waals surface area (Å²) in [6.45, 7) is 5.28. The zero-order chi connectivity index (χ0) is 14.9. The number of para-hydroxylation sites is 1. The Morgan fingerprint density at radius 3 is 2.40 bits per heavy atom. The third-order valence-corrected chi connectivity index (χ3v) is 3.13. The molecule has 1 aromatic carbocycles. The molecule has 1 unspecified atom stereocenters. The molecule has 0 fully saturated rings. The van der Waals surface area contributed by atoms with Crippen molar-refractivity contribution in [2.24, 2.45) is 0 Å². The number of nitrogens with one attached hydrogen (secondary N) is 1. The molecule has 108 valence electrons. The molecule has 1 aromatic heterocycles. The van der Waals surface area contributed by atoms with E-state index < -0.39 is 11.7 Å². The maximum absolute atomic E-state index is 12.9. The van der Waals surface area contributed by atoms with Crippen molar-refractivity contribution in [2.45, 2.75) is 33.0 Å². The van der Waals surface area contributed by atoms with E-state index in [0.29, 0.717) is 11.5 Å². The molecular formula is C14H15F3N2O. The molecule has 1 heterocycles. The van der Waals surface area contributed by atoms with Crippen molar-refractivity contribution in [3.63, 3.8) is 0 Å². The first-order valence-corrected chi connectivity index (χ1v) is 6.16. The Balaban J connectivity index is 2.32. The lowest BCUT2D eigenvalue weighted by molar-refractivity contribution is -0.137. The molecule has 2 aromatic rings. The van der Waals surface area contributed by atoms with Crippen molar-refractivity contribution in [3.8, 4) is 0 Å². The highest BCUT2D eigenvalue weighted by Gasteiger charge is 2.33. The third kappa shape index (κ3) is 2.79. The summed E-state index contributed by atoms with van der Waals surface area (Å²) in [6.07, 6.45) is -4.39. The molecule has 0 saturated carbocycles. The van der Waals surface area contributed by atoms with Gasteiger partial charge in [0.2, 0.25) is 0 Å². The Bertz CT molecular complexity index is 585. The molecule has 0 spiro atoms. The maximum Gasteiger partial charge on any atom is 0.418 e. The second-order valence-corrected chi connectivity index (χ2v) is 4.65. The van der Waals surface area contributed by atoms with Crippen LogP contribution in [0.25, 0.3) is 0 Å². The smallest absolute Gasteiger partial charge is 0.378 e. The average molecular weight is 284 g/mol. The third-order valence-electron chi connectivity index (χ3n) is 3.13. The van der Waals surface area contributed by atoms with Gasteiger partial charge >= 0.3 is 6.18 Å². The first-order chi connectivity index (χ1) is 9.30. The van der Waals surface area contributed by atoms with Crippen LogP contribution in [0.15, 0.2) is 28.8 Å². The molecule has 0 aliphatic heterocycles. The molecule has 0 saturated heterocycles. The van der Waals surface area contributed by atoms with Gasteiger partial charge < -0.3 is 9.84 Å². The molecular weight excluding hydrogens is 269 g/mol. The van der Waals surface area contributed by atoms with Crippen LogP contribution in [0.5, 0.6) is 0 Å². The van der Waals surface area contributed by atoms with Crippen LogP contribution in [0.4, 0.5) is 18.9 Å². The summed E-state index contributed by atoms with van der Waals surface area (Å²) in [5.74, 6) is 0.604. The monoisotopic (exact) mass is 284 g/mol. The van der Waals surface area contributed by atoms with E-state index in [1.807, 2.05) is 0 Å². The molecule has 1 N–H and O–H groups in total. The fourth-order valence-electron chi connectivity index (χ4n) is 2.27. The van der Waals surface area contributed by atoms with Gasteiger partial charge in [0.25, 0.3) is 0 Å². The number of benzene rings is 1. The van der Waals surface area contributed by atoms with Crippen LogP contribution in [-0.4, -0.2) is 5.16 Å². The second kappa shape index (κ2) is 5.19. The Labute approximate surface area is 114 Å².